The van der Waals surface area contributed by atoms with Crippen molar-refractivity contribution in [2.24, 2.45) is 29.1 Å². The van der Waals surface area contributed by atoms with E-state index in [0.717, 1.165) is 37.4 Å². The summed E-state index contributed by atoms with van der Waals surface area (Å²) in [6.45, 7) is 3.88. The Morgan fingerprint density at radius 1 is 1.18 bits per heavy atom. The van der Waals surface area contributed by atoms with E-state index in [1.165, 1.54) is 45.1 Å². The number of nitrogens with one attached hydrogen (secondary N) is 1. The summed E-state index contributed by atoms with van der Waals surface area (Å²) in [6.07, 6.45) is 8.93. The third-order valence-electron chi connectivity index (χ3n) is 6.68. The van der Waals surface area contributed by atoms with E-state index in [0.29, 0.717) is 11.3 Å². The van der Waals surface area contributed by atoms with Crippen LogP contribution >= 0.6 is 0 Å². The molecule has 4 bridgehead atoms. The van der Waals surface area contributed by atoms with Crippen molar-refractivity contribution in [2.45, 2.75) is 38.5 Å². The number of hydrogen-bond acceptors (Lipinski definition) is 3. The molecule has 5 aliphatic rings. The minimum atomic E-state index is -0.361. The maximum Gasteiger partial charge on any atom is 0.341 e. The molecule has 0 unspecified atom stereocenters. The fourth-order valence-corrected chi connectivity index (χ4v) is 6.48. The minimum absolute atomic E-state index is 0.361. The summed E-state index contributed by atoms with van der Waals surface area (Å²) >= 11 is 0. The number of carbonyl (C=O) groups excluding carboxylic acids is 1. The van der Waals surface area contributed by atoms with Gasteiger partial charge < -0.3 is 9.80 Å². The van der Waals surface area contributed by atoms with E-state index in [1.807, 2.05) is 0 Å². The predicted molar refractivity (Wildman–Crippen MR) is 83.5 cm³/mol. The molecule has 1 saturated heterocycles. The Balaban J connectivity index is 1.28. The Labute approximate surface area is 133 Å². The molecular weight excluding hydrogens is 278 g/mol. The van der Waals surface area contributed by atoms with Crippen LogP contribution in [0.3, 0.4) is 0 Å². The fourth-order valence-electron chi connectivity index (χ4n) is 6.48. The van der Waals surface area contributed by atoms with Crippen LogP contribution in [-0.4, -0.2) is 54.3 Å². The standard InChI is InChI=1S/C17H29N3O2/c1-19(8-15-9-20(10-15)16(21)18-22)11-17-5-12-2-13(6-17)4-14(3-12)7-17/h12-15,22H,2-11H2,1H3,(H,18,21). The highest BCUT2D eigenvalue weighted by Crippen LogP contribution is 2.60. The number of carbonyl (C=O) groups is 1. The van der Waals surface area contributed by atoms with Crippen LogP contribution in [0.1, 0.15) is 38.5 Å². The SMILES string of the molecule is CN(CC1CN(C(=O)NO)C1)CC12CC3CC(CC(C3)C1)C2. The van der Waals surface area contributed by atoms with Gasteiger partial charge in [0.25, 0.3) is 0 Å². The molecule has 4 aliphatic carbocycles. The molecule has 0 radical (unpaired) electrons. The molecule has 0 aromatic heterocycles. The lowest BCUT2D eigenvalue weighted by atomic mass is 9.49. The van der Waals surface area contributed by atoms with Crippen molar-refractivity contribution < 1.29 is 10.0 Å². The quantitative estimate of drug-likeness (QED) is 0.618. The Kier molecular flexibility index (Phi) is 3.61. The van der Waals surface area contributed by atoms with Crippen LogP contribution in [0.15, 0.2) is 0 Å². The fraction of sp³-hybridized carbons (Fsp3) is 0.941. The summed E-state index contributed by atoms with van der Waals surface area (Å²) in [5.41, 5.74) is 2.32. The monoisotopic (exact) mass is 307 g/mol. The first-order valence-electron chi connectivity index (χ1n) is 8.93. The van der Waals surface area contributed by atoms with Gasteiger partial charge in [-0.05, 0) is 68.7 Å². The van der Waals surface area contributed by atoms with Gasteiger partial charge in [0.15, 0.2) is 0 Å². The lowest BCUT2D eigenvalue weighted by molar-refractivity contribution is -0.0694. The molecule has 1 heterocycles. The van der Waals surface area contributed by atoms with Crippen molar-refractivity contribution in [3.63, 3.8) is 0 Å². The summed E-state index contributed by atoms with van der Waals surface area (Å²) in [6, 6.07) is -0.361. The average Bonchev–Trinajstić information content (AvgIpc) is 2.39. The number of amides is 2. The zero-order valence-corrected chi connectivity index (χ0v) is 13.6. The number of likely N-dealkylation sites (tertiary alicyclic amines) is 1. The van der Waals surface area contributed by atoms with E-state index in [2.05, 4.69) is 11.9 Å². The number of nitrogens with zero attached hydrogens (tertiary/aromatic N) is 2. The summed E-state index contributed by atoms with van der Waals surface area (Å²) in [5, 5.41) is 8.63. The highest BCUT2D eigenvalue weighted by molar-refractivity contribution is 5.73. The molecule has 5 nitrogen and oxygen atoms in total. The highest BCUT2D eigenvalue weighted by atomic mass is 16.5. The molecule has 0 atom stereocenters. The molecule has 0 aromatic carbocycles. The Morgan fingerprint density at radius 3 is 2.23 bits per heavy atom. The normalized spacial score (nSPS) is 40.1. The number of urea groups is 1. The maximum atomic E-state index is 11.3. The van der Waals surface area contributed by atoms with Gasteiger partial charge in [0, 0.05) is 32.1 Å². The van der Waals surface area contributed by atoms with Crippen molar-refractivity contribution in [2.75, 3.05) is 33.2 Å². The molecule has 0 aromatic rings. The van der Waals surface area contributed by atoms with Crippen LogP contribution in [0, 0.1) is 29.1 Å². The Bertz CT molecular complexity index is 412. The van der Waals surface area contributed by atoms with Gasteiger partial charge in [0.1, 0.15) is 0 Å². The molecule has 2 amide bonds. The van der Waals surface area contributed by atoms with Gasteiger partial charge >= 0.3 is 6.03 Å². The third-order valence-corrected chi connectivity index (χ3v) is 6.68. The van der Waals surface area contributed by atoms with E-state index < -0.39 is 0 Å². The number of rotatable bonds is 4. The maximum absolute atomic E-state index is 11.3. The van der Waals surface area contributed by atoms with Gasteiger partial charge in [-0.2, -0.15) is 0 Å². The van der Waals surface area contributed by atoms with Crippen molar-refractivity contribution in [3.05, 3.63) is 0 Å². The zero-order chi connectivity index (χ0) is 15.3. The first kappa shape index (κ1) is 14.8. The summed E-state index contributed by atoms with van der Waals surface area (Å²) in [4.78, 5) is 15.5. The van der Waals surface area contributed by atoms with Crippen molar-refractivity contribution >= 4 is 6.03 Å². The van der Waals surface area contributed by atoms with Crippen LogP contribution in [0.5, 0.6) is 0 Å². The molecule has 1 aliphatic heterocycles. The Hall–Kier alpha value is -0.810. The molecule has 22 heavy (non-hydrogen) atoms. The Morgan fingerprint density at radius 2 is 1.73 bits per heavy atom. The molecular formula is C17H29N3O2. The average molecular weight is 307 g/mol. The highest BCUT2D eigenvalue weighted by Gasteiger charge is 2.51. The van der Waals surface area contributed by atoms with Crippen LogP contribution in [0.25, 0.3) is 0 Å². The number of hydroxylamine groups is 1. The lowest BCUT2D eigenvalue weighted by Gasteiger charge is -2.58. The van der Waals surface area contributed by atoms with Crippen LogP contribution in [0.2, 0.25) is 0 Å². The first-order chi connectivity index (χ1) is 10.5. The van der Waals surface area contributed by atoms with Crippen molar-refractivity contribution in [1.29, 1.82) is 0 Å². The van der Waals surface area contributed by atoms with E-state index in [9.17, 15) is 4.79 Å². The second kappa shape index (κ2) is 5.38. The lowest BCUT2D eigenvalue weighted by Crippen LogP contribution is -2.57. The predicted octanol–water partition coefficient (Wildman–Crippen LogP) is 2.17. The molecule has 2 N–H and O–H groups in total. The number of hydrogen-bond donors (Lipinski definition) is 2. The van der Waals surface area contributed by atoms with Gasteiger partial charge in [0.2, 0.25) is 0 Å². The van der Waals surface area contributed by atoms with E-state index in [1.54, 1.807) is 10.4 Å². The van der Waals surface area contributed by atoms with Crippen molar-refractivity contribution in [3.8, 4) is 0 Å². The molecule has 124 valence electrons. The summed E-state index contributed by atoms with van der Waals surface area (Å²) in [7, 11) is 2.26. The summed E-state index contributed by atoms with van der Waals surface area (Å²) in [5.74, 6) is 3.63. The smallest absolute Gasteiger partial charge is 0.322 e. The van der Waals surface area contributed by atoms with Crippen LogP contribution in [-0.2, 0) is 0 Å². The van der Waals surface area contributed by atoms with Gasteiger partial charge in [0.05, 0.1) is 0 Å². The third kappa shape index (κ3) is 2.62. The second-order valence-electron chi connectivity index (χ2n) is 8.80. The van der Waals surface area contributed by atoms with Crippen molar-refractivity contribution in [1.82, 2.24) is 15.3 Å². The van der Waals surface area contributed by atoms with E-state index in [-0.39, 0.29) is 6.03 Å². The minimum Gasteiger partial charge on any atom is -0.322 e. The topological polar surface area (TPSA) is 55.8 Å². The molecule has 5 fully saturated rings. The molecule has 4 saturated carbocycles. The first-order valence-corrected chi connectivity index (χ1v) is 8.93. The van der Waals surface area contributed by atoms with Gasteiger partial charge in [-0.3, -0.25) is 5.21 Å². The second-order valence-corrected chi connectivity index (χ2v) is 8.80. The largest absolute Gasteiger partial charge is 0.341 e. The van der Waals surface area contributed by atoms with E-state index in [4.69, 9.17) is 5.21 Å². The molecule has 0 spiro atoms. The molecule has 5 rings (SSSR count). The van der Waals surface area contributed by atoms with Crippen LogP contribution < -0.4 is 5.48 Å². The van der Waals surface area contributed by atoms with Gasteiger partial charge in [-0.15, -0.1) is 0 Å². The molecule has 5 heteroatoms. The summed E-state index contributed by atoms with van der Waals surface area (Å²) < 4.78 is 0. The van der Waals surface area contributed by atoms with Gasteiger partial charge in [-0.1, -0.05) is 0 Å². The van der Waals surface area contributed by atoms with E-state index >= 15 is 0 Å². The van der Waals surface area contributed by atoms with Crippen LogP contribution in [0.4, 0.5) is 4.79 Å². The van der Waals surface area contributed by atoms with Gasteiger partial charge in [-0.25, -0.2) is 10.3 Å². The zero-order valence-electron chi connectivity index (χ0n) is 13.6.